The maximum atomic E-state index is 12.6. The SMILES string of the molecule is Cc1cc(NC(=O)c2oc3c(c2C)/C(=N/NS(=O)(=O)c2ccccc2)CCC3)no1. The van der Waals surface area contributed by atoms with Gasteiger partial charge in [-0.15, -0.1) is 0 Å². The van der Waals surface area contributed by atoms with Crippen molar-refractivity contribution in [1.29, 1.82) is 0 Å². The number of nitrogens with zero attached hydrogens (tertiary/aromatic N) is 2. The van der Waals surface area contributed by atoms with Crippen molar-refractivity contribution in [2.24, 2.45) is 5.10 Å². The van der Waals surface area contributed by atoms with Crippen LogP contribution in [0.5, 0.6) is 0 Å². The molecule has 0 atom stereocenters. The van der Waals surface area contributed by atoms with Gasteiger partial charge in [-0.05, 0) is 38.8 Å². The normalized spacial score (nSPS) is 15.1. The molecule has 2 heterocycles. The number of aromatic nitrogens is 1. The fourth-order valence-corrected chi connectivity index (χ4v) is 4.21. The van der Waals surface area contributed by atoms with E-state index in [0.717, 1.165) is 6.42 Å². The number of nitrogens with one attached hydrogen (secondary N) is 2. The minimum atomic E-state index is -3.79. The lowest BCUT2D eigenvalue weighted by atomic mass is 9.93. The second-order valence-electron chi connectivity index (χ2n) is 6.95. The Balaban J connectivity index is 1.61. The Bertz CT molecular complexity index is 1230. The van der Waals surface area contributed by atoms with Crippen molar-refractivity contribution in [3.05, 3.63) is 64.8 Å². The van der Waals surface area contributed by atoms with Crippen LogP contribution in [0.15, 0.2) is 55.3 Å². The van der Waals surface area contributed by atoms with Gasteiger partial charge < -0.3 is 14.3 Å². The Morgan fingerprint density at radius 1 is 1.17 bits per heavy atom. The minimum absolute atomic E-state index is 0.122. The Morgan fingerprint density at radius 3 is 2.63 bits per heavy atom. The number of anilines is 1. The first-order valence-corrected chi connectivity index (χ1v) is 10.8. The first-order chi connectivity index (χ1) is 14.3. The molecule has 10 heteroatoms. The molecule has 2 N–H and O–H groups in total. The third-order valence-corrected chi connectivity index (χ3v) is 5.98. The van der Waals surface area contributed by atoms with Gasteiger partial charge in [0.2, 0.25) is 0 Å². The number of sulfonamides is 1. The lowest BCUT2D eigenvalue weighted by Gasteiger charge is -2.14. The van der Waals surface area contributed by atoms with E-state index in [4.69, 9.17) is 8.94 Å². The van der Waals surface area contributed by atoms with E-state index >= 15 is 0 Å². The summed E-state index contributed by atoms with van der Waals surface area (Å²) in [5.41, 5.74) is 1.80. The molecule has 0 aliphatic heterocycles. The van der Waals surface area contributed by atoms with Gasteiger partial charge in [0.25, 0.3) is 15.9 Å². The van der Waals surface area contributed by atoms with E-state index in [-0.39, 0.29) is 16.5 Å². The van der Waals surface area contributed by atoms with Crippen LogP contribution >= 0.6 is 0 Å². The van der Waals surface area contributed by atoms with Crippen molar-refractivity contribution in [1.82, 2.24) is 9.99 Å². The average Bonchev–Trinajstić information content (AvgIpc) is 3.30. The molecule has 0 saturated heterocycles. The van der Waals surface area contributed by atoms with Crippen LogP contribution in [-0.4, -0.2) is 25.2 Å². The quantitative estimate of drug-likeness (QED) is 0.601. The number of rotatable bonds is 5. The first kappa shape index (κ1) is 19.9. The average molecular weight is 428 g/mol. The van der Waals surface area contributed by atoms with Crippen LogP contribution in [-0.2, 0) is 16.4 Å². The zero-order chi connectivity index (χ0) is 21.3. The molecule has 0 spiro atoms. The Morgan fingerprint density at radius 2 is 1.93 bits per heavy atom. The standard InChI is InChI=1S/C20H20N4O5S/c1-12-11-17(23-29-12)21-20(25)19-13(2)18-15(9-6-10-16(18)28-19)22-24-30(26,27)14-7-4-3-5-8-14/h3-5,7-8,11,24H,6,9-10H2,1-2H3,(H,21,23,25)/b22-15+. The zero-order valence-corrected chi connectivity index (χ0v) is 17.2. The Labute approximate surface area is 173 Å². The number of carbonyl (C=O) groups excluding carboxylic acids is 1. The minimum Gasteiger partial charge on any atom is -0.455 e. The predicted octanol–water partition coefficient (Wildman–Crippen LogP) is 3.16. The maximum absolute atomic E-state index is 12.6. The van der Waals surface area contributed by atoms with Crippen LogP contribution in [0.4, 0.5) is 5.82 Å². The van der Waals surface area contributed by atoms with Crippen molar-refractivity contribution < 1.29 is 22.2 Å². The molecule has 0 bridgehead atoms. The molecule has 3 aromatic rings. The van der Waals surface area contributed by atoms with E-state index in [9.17, 15) is 13.2 Å². The van der Waals surface area contributed by atoms with E-state index in [1.807, 2.05) is 0 Å². The highest BCUT2D eigenvalue weighted by molar-refractivity contribution is 7.89. The number of hydrogen-bond donors (Lipinski definition) is 2. The van der Waals surface area contributed by atoms with Gasteiger partial charge in [-0.1, -0.05) is 23.4 Å². The van der Waals surface area contributed by atoms with Gasteiger partial charge in [0.15, 0.2) is 11.6 Å². The third kappa shape index (κ3) is 3.86. The van der Waals surface area contributed by atoms with Crippen LogP contribution in [0.2, 0.25) is 0 Å². The highest BCUT2D eigenvalue weighted by Gasteiger charge is 2.28. The first-order valence-electron chi connectivity index (χ1n) is 9.36. The van der Waals surface area contributed by atoms with Crippen LogP contribution in [0.25, 0.3) is 0 Å². The number of hydrogen-bond acceptors (Lipinski definition) is 7. The molecule has 1 aliphatic carbocycles. The fourth-order valence-electron chi connectivity index (χ4n) is 3.36. The van der Waals surface area contributed by atoms with Gasteiger partial charge in [-0.3, -0.25) is 4.79 Å². The molecule has 2 aromatic heterocycles. The van der Waals surface area contributed by atoms with Gasteiger partial charge in [0.05, 0.1) is 10.6 Å². The molecule has 1 aromatic carbocycles. The van der Waals surface area contributed by atoms with Gasteiger partial charge in [0.1, 0.15) is 11.5 Å². The van der Waals surface area contributed by atoms with Gasteiger partial charge in [-0.2, -0.15) is 18.4 Å². The van der Waals surface area contributed by atoms with E-state index in [0.29, 0.717) is 41.2 Å². The topological polar surface area (TPSA) is 127 Å². The number of benzene rings is 1. The number of aryl methyl sites for hydroxylation is 2. The molecule has 9 nitrogen and oxygen atoms in total. The summed E-state index contributed by atoms with van der Waals surface area (Å²) < 4.78 is 35.7. The van der Waals surface area contributed by atoms with Crippen LogP contribution in [0.3, 0.4) is 0 Å². The Hall–Kier alpha value is -3.40. The molecule has 0 unspecified atom stereocenters. The van der Waals surface area contributed by atoms with Crippen molar-refractivity contribution in [2.75, 3.05) is 5.32 Å². The number of fused-ring (bicyclic) bond motifs is 1. The van der Waals surface area contributed by atoms with Crippen LogP contribution < -0.4 is 10.1 Å². The number of amides is 1. The van der Waals surface area contributed by atoms with Gasteiger partial charge in [0, 0.05) is 23.6 Å². The molecule has 4 rings (SSSR count). The molecule has 0 fully saturated rings. The van der Waals surface area contributed by atoms with Crippen LogP contribution in [0.1, 0.15) is 46.0 Å². The largest absolute Gasteiger partial charge is 0.455 e. The van der Waals surface area contributed by atoms with E-state index in [1.54, 1.807) is 38.1 Å². The summed E-state index contributed by atoms with van der Waals surface area (Å²) in [5, 5.41) is 10.5. The molecule has 0 radical (unpaired) electrons. The van der Waals surface area contributed by atoms with Crippen molar-refractivity contribution >= 4 is 27.5 Å². The molecule has 1 aliphatic rings. The number of hydrazone groups is 1. The van der Waals surface area contributed by atoms with Crippen molar-refractivity contribution in [3.8, 4) is 0 Å². The highest BCUT2D eigenvalue weighted by atomic mass is 32.2. The van der Waals surface area contributed by atoms with E-state index in [1.165, 1.54) is 12.1 Å². The summed E-state index contributed by atoms with van der Waals surface area (Å²) >= 11 is 0. The number of carbonyl (C=O) groups is 1. The highest BCUT2D eigenvalue weighted by Crippen LogP contribution is 2.30. The summed E-state index contributed by atoms with van der Waals surface area (Å²) in [6.45, 7) is 3.47. The maximum Gasteiger partial charge on any atom is 0.292 e. The zero-order valence-electron chi connectivity index (χ0n) is 16.4. The van der Waals surface area contributed by atoms with Gasteiger partial charge >= 0.3 is 0 Å². The number of furan rings is 1. The Kier molecular flexibility index (Phi) is 5.17. The molecular formula is C20H20N4O5S. The second kappa shape index (κ2) is 7.79. The second-order valence-corrected chi connectivity index (χ2v) is 8.61. The summed E-state index contributed by atoms with van der Waals surface area (Å²) in [4.78, 5) is 15.0. The fraction of sp³-hybridized carbons (Fsp3) is 0.250. The molecule has 156 valence electrons. The molecule has 0 saturated carbocycles. The summed E-state index contributed by atoms with van der Waals surface area (Å²) in [7, 11) is -3.79. The summed E-state index contributed by atoms with van der Waals surface area (Å²) in [5.74, 6) is 1.15. The molecular weight excluding hydrogens is 408 g/mol. The van der Waals surface area contributed by atoms with Gasteiger partial charge in [-0.25, -0.2) is 0 Å². The summed E-state index contributed by atoms with van der Waals surface area (Å²) in [6, 6.07) is 9.60. The monoisotopic (exact) mass is 428 g/mol. The smallest absolute Gasteiger partial charge is 0.292 e. The van der Waals surface area contributed by atoms with Crippen LogP contribution in [0, 0.1) is 13.8 Å². The lowest BCUT2D eigenvalue weighted by molar-refractivity contribution is 0.0993. The van der Waals surface area contributed by atoms with Crippen molar-refractivity contribution in [3.63, 3.8) is 0 Å². The molecule has 1 amide bonds. The lowest BCUT2D eigenvalue weighted by Crippen LogP contribution is -2.22. The predicted molar refractivity (Wildman–Crippen MR) is 109 cm³/mol. The summed E-state index contributed by atoms with van der Waals surface area (Å²) in [6.07, 6.45) is 1.93. The van der Waals surface area contributed by atoms with E-state index < -0.39 is 15.9 Å². The molecule has 30 heavy (non-hydrogen) atoms. The van der Waals surface area contributed by atoms with E-state index in [2.05, 4.69) is 20.4 Å². The van der Waals surface area contributed by atoms with Crippen molar-refractivity contribution in [2.45, 2.75) is 38.0 Å². The third-order valence-electron chi connectivity index (χ3n) is 4.76.